The quantitative estimate of drug-likeness (QED) is 0.408. The third-order valence-corrected chi connectivity index (χ3v) is 2.09. The molecule has 1 aromatic rings. The van der Waals surface area contributed by atoms with Gasteiger partial charge in [0.1, 0.15) is 11.3 Å². The van der Waals surface area contributed by atoms with E-state index in [0.717, 1.165) is 25.1 Å². The average molecular weight is 307 g/mol. The molecule has 1 aromatic carbocycles. The molecule has 0 saturated heterocycles. The van der Waals surface area contributed by atoms with Crippen LogP contribution in [-0.4, -0.2) is 40.3 Å². The first-order valence-corrected chi connectivity index (χ1v) is 7.05. The highest BCUT2D eigenvalue weighted by Crippen LogP contribution is 2.21. The molecule has 0 unspecified atom stereocenters. The zero-order chi connectivity index (χ0) is 15.8. The molecule has 0 aliphatic rings. The van der Waals surface area contributed by atoms with Gasteiger partial charge in [-0.25, -0.2) is 4.79 Å². The summed E-state index contributed by atoms with van der Waals surface area (Å²) in [6.45, 7) is 2.91. The van der Waals surface area contributed by atoms with Crippen molar-refractivity contribution in [2.45, 2.75) is 19.8 Å². The minimum Gasteiger partial charge on any atom is -0.507 e. The first kappa shape index (κ1) is 18.2. The molecule has 0 heterocycles. The van der Waals surface area contributed by atoms with Crippen molar-refractivity contribution in [1.82, 2.24) is 0 Å². The molecule has 5 N–H and O–H groups in total. The van der Waals surface area contributed by atoms with Gasteiger partial charge in [-0.15, -0.1) is 0 Å². The van der Waals surface area contributed by atoms with Crippen molar-refractivity contribution in [3.63, 3.8) is 0 Å². The number of aromatic hydroxyl groups is 1. The Labute approximate surface area is 116 Å². The lowest BCUT2D eigenvalue weighted by molar-refractivity contribution is 0.0693. The highest BCUT2D eigenvalue weighted by atomic mass is 32.3. The monoisotopic (exact) mass is 307 g/mol. The van der Waals surface area contributed by atoms with Crippen molar-refractivity contribution in [3.8, 4) is 5.75 Å². The predicted molar refractivity (Wildman–Crippen MR) is 72.6 cm³/mol. The maximum atomic E-state index is 10.6. The van der Waals surface area contributed by atoms with Crippen LogP contribution in [0, 0.1) is 0 Å². The smallest absolute Gasteiger partial charge is 0.394 e. The second-order valence-corrected chi connectivity index (χ2v) is 4.66. The molecule has 0 bridgehead atoms. The molecule has 0 amide bonds. The first-order valence-electron chi connectivity index (χ1n) is 5.65. The Morgan fingerprint density at radius 2 is 1.85 bits per heavy atom. The molecule has 0 radical (unpaired) electrons. The van der Waals surface area contributed by atoms with Crippen LogP contribution in [0.5, 0.6) is 5.75 Å². The van der Waals surface area contributed by atoms with Crippen LogP contribution in [0.3, 0.4) is 0 Å². The lowest BCUT2D eigenvalue weighted by Crippen LogP contribution is -2.02. The van der Waals surface area contributed by atoms with E-state index < -0.39 is 16.4 Å². The van der Waals surface area contributed by atoms with Gasteiger partial charge in [0.25, 0.3) is 0 Å². The zero-order valence-corrected chi connectivity index (χ0v) is 11.6. The van der Waals surface area contributed by atoms with E-state index in [4.69, 9.17) is 22.6 Å². The van der Waals surface area contributed by atoms with Crippen LogP contribution in [0.15, 0.2) is 18.2 Å². The Balaban J connectivity index is 0.000000621. The van der Waals surface area contributed by atoms with Crippen LogP contribution in [0.25, 0.3) is 0 Å². The van der Waals surface area contributed by atoms with E-state index in [0.29, 0.717) is 0 Å². The van der Waals surface area contributed by atoms with Gasteiger partial charge in [-0.3, -0.25) is 9.11 Å². The van der Waals surface area contributed by atoms with Crippen molar-refractivity contribution >= 4 is 22.1 Å². The second kappa shape index (κ2) is 8.35. The number of anilines is 1. The van der Waals surface area contributed by atoms with E-state index in [-0.39, 0.29) is 11.3 Å². The van der Waals surface area contributed by atoms with Gasteiger partial charge in [0.05, 0.1) is 0 Å². The summed E-state index contributed by atoms with van der Waals surface area (Å²) in [7, 11) is -4.67. The summed E-state index contributed by atoms with van der Waals surface area (Å²) in [5, 5.41) is 21.2. The fraction of sp³-hybridized carbons (Fsp3) is 0.364. The van der Waals surface area contributed by atoms with Crippen molar-refractivity contribution in [2.75, 3.05) is 11.9 Å². The van der Waals surface area contributed by atoms with Crippen LogP contribution < -0.4 is 5.32 Å². The van der Waals surface area contributed by atoms with Gasteiger partial charge in [-0.1, -0.05) is 13.3 Å². The normalized spacial score (nSPS) is 10.3. The minimum atomic E-state index is -4.67. The number of unbranched alkanes of at least 4 members (excludes halogenated alkanes) is 1. The Bertz CT molecular complexity index is 534. The number of aromatic carboxylic acids is 1. The highest BCUT2D eigenvalue weighted by Gasteiger charge is 2.08. The second-order valence-electron chi connectivity index (χ2n) is 3.77. The van der Waals surface area contributed by atoms with Gasteiger partial charge >= 0.3 is 16.4 Å². The van der Waals surface area contributed by atoms with E-state index >= 15 is 0 Å². The van der Waals surface area contributed by atoms with Crippen LogP contribution in [0.4, 0.5) is 5.69 Å². The molecule has 9 heteroatoms. The number of carbonyl (C=O) groups is 1. The van der Waals surface area contributed by atoms with Crippen molar-refractivity contribution in [1.29, 1.82) is 0 Å². The summed E-state index contributed by atoms with van der Waals surface area (Å²) >= 11 is 0. The molecule has 0 aromatic heterocycles. The van der Waals surface area contributed by atoms with E-state index in [1.165, 1.54) is 12.1 Å². The summed E-state index contributed by atoms with van der Waals surface area (Å²) in [5.74, 6) is -1.32. The summed E-state index contributed by atoms with van der Waals surface area (Å²) in [6, 6.07) is 4.48. The molecule has 114 valence electrons. The molecule has 1 rings (SSSR count). The number of phenols is 1. The van der Waals surface area contributed by atoms with Crippen molar-refractivity contribution in [2.24, 2.45) is 0 Å². The van der Waals surface area contributed by atoms with E-state index in [1.54, 1.807) is 6.07 Å². The van der Waals surface area contributed by atoms with Crippen LogP contribution in [0.1, 0.15) is 30.1 Å². The minimum absolute atomic E-state index is 0.0731. The van der Waals surface area contributed by atoms with E-state index in [9.17, 15) is 9.90 Å². The molecule has 0 spiro atoms. The number of nitrogens with one attached hydrogen (secondary N) is 1. The predicted octanol–water partition coefficient (Wildman–Crippen LogP) is 1.65. The number of benzene rings is 1. The Morgan fingerprint density at radius 1 is 1.30 bits per heavy atom. The summed E-state index contributed by atoms with van der Waals surface area (Å²) in [6.07, 6.45) is 2.13. The zero-order valence-electron chi connectivity index (χ0n) is 10.8. The Kier molecular flexibility index (Phi) is 7.59. The molecule has 0 atom stereocenters. The molecule has 0 fully saturated rings. The number of carboxylic acid groups (broad SMARTS) is 1. The standard InChI is InChI=1S/C11H15NO3.H2O4S/c1-2-3-6-12-8-4-5-9(11(14)15)10(13)7-8;1-5(2,3)4/h4-5,7,12-13H,2-3,6H2,1H3,(H,14,15);(H2,1,2,3,4). The first-order chi connectivity index (χ1) is 9.15. The maximum absolute atomic E-state index is 10.6. The number of hydrogen-bond donors (Lipinski definition) is 5. The van der Waals surface area contributed by atoms with Crippen LogP contribution in [0.2, 0.25) is 0 Å². The highest BCUT2D eigenvalue weighted by molar-refractivity contribution is 7.79. The summed E-state index contributed by atoms with van der Waals surface area (Å²) < 4.78 is 31.6. The molecule has 0 aliphatic heterocycles. The lowest BCUT2D eigenvalue weighted by atomic mass is 10.2. The van der Waals surface area contributed by atoms with Crippen molar-refractivity contribution in [3.05, 3.63) is 23.8 Å². The molecule has 0 aliphatic carbocycles. The van der Waals surface area contributed by atoms with E-state index in [1.807, 2.05) is 0 Å². The SMILES string of the molecule is CCCCNc1ccc(C(=O)O)c(O)c1.O=S(=O)(O)O. The Morgan fingerprint density at radius 3 is 2.25 bits per heavy atom. The van der Waals surface area contributed by atoms with Gasteiger partial charge in [-0.05, 0) is 18.6 Å². The molecular weight excluding hydrogens is 290 g/mol. The van der Waals surface area contributed by atoms with Gasteiger partial charge in [-0.2, -0.15) is 8.42 Å². The maximum Gasteiger partial charge on any atom is 0.394 e. The molecule has 8 nitrogen and oxygen atoms in total. The van der Waals surface area contributed by atoms with Crippen molar-refractivity contribution < 1.29 is 32.5 Å². The number of rotatable bonds is 5. The number of carboxylic acids is 1. The molecular formula is C11H17NO7S. The van der Waals surface area contributed by atoms with Gasteiger partial charge in [0.15, 0.2) is 0 Å². The van der Waals surface area contributed by atoms with Gasteiger partial charge < -0.3 is 15.5 Å². The van der Waals surface area contributed by atoms with Gasteiger partial charge in [0, 0.05) is 18.3 Å². The third kappa shape index (κ3) is 9.14. The summed E-state index contributed by atoms with van der Waals surface area (Å²) in [4.78, 5) is 10.6. The fourth-order valence-corrected chi connectivity index (χ4v) is 1.23. The molecule has 0 saturated carbocycles. The van der Waals surface area contributed by atoms with Crippen LogP contribution >= 0.6 is 0 Å². The summed E-state index contributed by atoms with van der Waals surface area (Å²) in [5.41, 5.74) is 0.669. The van der Waals surface area contributed by atoms with E-state index in [2.05, 4.69) is 12.2 Å². The topological polar surface area (TPSA) is 144 Å². The largest absolute Gasteiger partial charge is 0.507 e. The Hall–Kier alpha value is -1.84. The molecule has 20 heavy (non-hydrogen) atoms. The fourth-order valence-electron chi connectivity index (χ4n) is 1.23. The number of hydrogen-bond acceptors (Lipinski definition) is 5. The van der Waals surface area contributed by atoms with Crippen LogP contribution in [-0.2, 0) is 10.4 Å². The average Bonchev–Trinajstić information content (AvgIpc) is 2.26. The third-order valence-electron chi connectivity index (χ3n) is 2.09. The van der Waals surface area contributed by atoms with Gasteiger partial charge in [0.2, 0.25) is 0 Å². The lowest BCUT2D eigenvalue weighted by Gasteiger charge is -2.06.